The Kier molecular flexibility index (Phi) is 7.41. The van der Waals surface area contributed by atoms with Crippen LogP contribution in [0.1, 0.15) is 28.8 Å². The molecule has 2 aromatic rings. The first kappa shape index (κ1) is 24.1. The topological polar surface area (TPSA) is 53.1 Å². The van der Waals surface area contributed by atoms with Gasteiger partial charge in [-0.3, -0.25) is 14.5 Å². The summed E-state index contributed by atoms with van der Waals surface area (Å²) in [6, 6.07) is 13.4. The first-order chi connectivity index (χ1) is 16.3. The first-order valence-corrected chi connectivity index (χ1v) is 11.5. The van der Waals surface area contributed by atoms with Crippen LogP contribution in [0.2, 0.25) is 0 Å². The van der Waals surface area contributed by atoms with E-state index in [0.717, 1.165) is 56.6 Å². The van der Waals surface area contributed by atoms with E-state index in [9.17, 15) is 22.8 Å². The van der Waals surface area contributed by atoms with E-state index in [-0.39, 0.29) is 17.6 Å². The third kappa shape index (κ3) is 6.28. The number of ether oxygens (including phenoxy) is 1. The van der Waals surface area contributed by atoms with E-state index in [1.54, 1.807) is 12.1 Å². The molecule has 0 atom stereocenters. The maximum absolute atomic E-state index is 13.0. The van der Waals surface area contributed by atoms with Crippen LogP contribution in [-0.2, 0) is 11.3 Å². The average molecular weight is 476 g/mol. The van der Waals surface area contributed by atoms with E-state index in [1.165, 1.54) is 12.1 Å². The molecule has 2 fully saturated rings. The monoisotopic (exact) mass is 475 g/mol. The van der Waals surface area contributed by atoms with Gasteiger partial charge < -0.3 is 14.5 Å². The minimum atomic E-state index is -4.69. The molecular formula is C25H28F3N3O3. The molecule has 0 unspecified atom stereocenters. The standard InChI is InChI=1S/C25H28F3N3O3/c26-25(27,28)34-23-7-3-19(4-8-23)17-29-13-15-31(16-14-29)24(33)21-9-11-30(12-10-21)22-5-1-20(18-32)2-6-22/h1-8,18,21H,9-17H2. The molecule has 0 bridgehead atoms. The molecule has 0 aromatic heterocycles. The number of piperidine rings is 1. The lowest BCUT2D eigenvalue weighted by Crippen LogP contribution is -2.51. The number of rotatable bonds is 6. The SMILES string of the molecule is O=Cc1ccc(N2CCC(C(=O)N3CCN(Cc4ccc(OC(F)(F)F)cc4)CC3)CC2)cc1. The molecule has 9 heteroatoms. The zero-order valence-electron chi connectivity index (χ0n) is 18.8. The van der Waals surface area contributed by atoms with Crippen molar-refractivity contribution in [3.05, 3.63) is 59.7 Å². The number of aldehydes is 1. The van der Waals surface area contributed by atoms with Crippen LogP contribution in [0.3, 0.4) is 0 Å². The van der Waals surface area contributed by atoms with Crippen molar-refractivity contribution in [1.82, 2.24) is 9.80 Å². The van der Waals surface area contributed by atoms with E-state index < -0.39 is 6.36 Å². The van der Waals surface area contributed by atoms with Crippen LogP contribution in [0.5, 0.6) is 5.75 Å². The third-order valence-corrected chi connectivity index (χ3v) is 6.49. The highest BCUT2D eigenvalue weighted by Crippen LogP contribution is 2.26. The number of benzene rings is 2. The van der Waals surface area contributed by atoms with Gasteiger partial charge in [-0.1, -0.05) is 12.1 Å². The van der Waals surface area contributed by atoms with Gasteiger partial charge in [-0.05, 0) is 54.8 Å². The van der Waals surface area contributed by atoms with Gasteiger partial charge in [-0.25, -0.2) is 0 Å². The number of alkyl halides is 3. The number of hydrogen-bond acceptors (Lipinski definition) is 5. The largest absolute Gasteiger partial charge is 0.573 e. The molecule has 2 saturated heterocycles. The van der Waals surface area contributed by atoms with Crippen molar-refractivity contribution < 1.29 is 27.5 Å². The summed E-state index contributed by atoms with van der Waals surface area (Å²) in [5, 5.41) is 0. The Labute approximate surface area is 196 Å². The quantitative estimate of drug-likeness (QED) is 0.592. The van der Waals surface area contributed by atoms with Crippen LogP contribution in [0, 0.1) is 5.92 Å². The number of anilines is 1. The summed E-state index contributed by atoms with van der Waals surface area (Å²) in [5.41, 5.74) is 2.63. The van der Waals surface area contributed by atoms with Crippen LogP contribution in [0.4, 0.5) is 18.9 Å². The van der Waals surface area contributed by atoms with Crippen molar-refractivity contribution in [2.45, 2.75) is 25.7 Å². The lowest BCUT2D eigenvalue weighted by atomic mass is 9.94. The van der Waals surface area contributed by atoms with Gasteiger partial charge >= 0.3 is 6.36 Å². The molecule has 6 nitrogen and oxygen atoms in total. The van der Waals surface area contributed by atoms with Gasteiger partial charge in [0.25, 0.3) is 0 Å². The smallest absolute Gasteiger partial charge is 0.406 e. The lowest BCUT2D eigenvalue weighted by Gasteiger charge is -2.39. The van der Waals surface area contributed by atoms with E-state index in [2.05, 4.69) is 14.5 Å². The number of amides is 1. The molecule has 0 aliphatic carbocycles. The minimum absolute atomic E-state index is 0.0261. The summed E-state index contributed by atoms with van der Waals surface area (Å²) in [5.74, 6) is 0.0122. The fraction of sp³-hybridized carbons (Fsp3) is 0.440. The number of halogens is 3. The molecule has 2 heterocycles. The molecule has 0 radical (unpaired) electrons. The van der Waals surface area contributed by atoms with Crippen molar-refractivity contribution in [1.29, 1.82) is 0 Å². The van der Waals surface area contributed by atoms with Crippen LogP contribution in [0.15, 0.2) is 48.5 Å². The predicted octanol–water partition coefficient (Wildman–Crippen LogP) is 3.96. The van der Waals surface area contributed by atoms with Crippen molar-refractivity contribution >= 4 is 17.9 Å². The molecule has 34 heavy (non-hydrogen) atoms. The number of carbonyl (C=O) groups is 2. The second-order valence-corrected chi connectivity index (χ2v) is 8.76. The van der Waals surface area contributed by atoms with Gasteiger partial charge in [0.05, 0.1) is 0 Å². The Morgan fingerprint density at radius 2 is 1.53 bits per heavy atom. The maximum Gasteiger partial charge on any atom is 0.573 e. The number of nitrogens with zero attached hydrogens (tertiary/aromatic N) is 3. The second kappa shape index (κ2) is 10.5. The summed E-state index contributed by atoms with van der Waals surface area (Å²) in [4.78, 5) is 30.3. The lowest BCUT2D eigenvalue weighted by molar-refractivity contribution is -0.274. The number of piperazine rings is 1. The molecule has 2 aliphatic rings. The van der Waals surface area contributed by atoms with E-state index >= 15 is 0 Å². The minimum Gasteiger partial charge on any atom is -0.406 e. The summed E-state index contributed by atoms with van der Waals surface area (Å²) in [7, 11) is 0. The van der Waals surface area contributed by atoms with Crippen LogP contribution < -0.4 is 9.64 Å². The fourth-order valence-electron chi connectivity index (χ4n) is 4.59. The second-order valence-electron chi connectivity index (χ2n) is 8.76. The summed E-state index contributed by atoms with van der Waals surface area (Å²) in [6.07, 6.45) is -2.25. The average Bonchev–Trinajstić information content (AvgIpc) is 2.85. The molecule has 0 spiro atoms. The zero-order valence-corrected chi connectivity index (χ0v) is 18.8. The Bertz CT molecular complexity index is 964. The third-order valence-electron chi connectivity index (χ3n) is 6.49. The van der Waals surface area contributed by atoms with Crippen molar-refractivity contribution in [3.63, 3.8) is 0 Å². The molecule has 1 amide bonds. The predicted molar refractivity (Wildman–Crippen MR) is 122 cm³/mol. The summed E-state index contributed by atoms with van der Waals surface area (Å²) < 4.78 is 40.8. The number of carbonyl (C=O) groups excluding carboxylic acids is 2. The van der Waals surface area contributed by atoms with Gasteiger partial charge in [0.1, 0.15) is 12.0 Å². The van der Waals surface area contributed by atoms with Crippen LogP contribution >= 0.6 is 0 Å². The molecule has 2 aromatic carbocycles. The summed E-state index contributed by atoms with van der Waals surface area (Å²) in [6.45, 7) is 5.01. The van der Waals surface area contributed by atoms with Gasteiger partial charge in [-0.15, -0.1) is 13.2 Å². The molecule has 182 valence electrons. The van der Waals surface area contributed by atoms with E-state index in [4.69, 9.17) is 0 Å². The summed E-state index contributed by atoms with van der Waals surface area (Å²) >= 11 is 0. The van der Waals surface area contributed by atoms with Gasteiger partial charge in [0.15, 0.2) is 0 Å². The maximum atomic E-state index is 13.0. The number of hydrogen-bond donors (Lipinski definition) is 0. The van der Waals surface area contributed by atoms with Crippen molar-refractivity contribution in [2.24, 2.45) is 5.92 Å². The van der Waals surface area contributed by atoms with Crippen LogP contribution in [0.25, 0.3) is 0 Å². The highest BCUT2D eigenvalue weighted by Gasteiger charge is 2.32. The van der Waals surface area contributed by atoms with Crippen LogP contribution in [-0.4, -0.2) is 67.6 Å². The normalized spacial score (nSPS) is 18.1. The Morgan fingerprint density at radius 3 is 2.09 bits per heavy atom. The van der Waals surface area contributed by atoms with Gasteiger partial charge in [0, 0.05) is 63.0 Å². The van der Waals surface area contributed by atoms with Crippen molar-refractivity contribution in [3.8, 4) is 5.75 Å². The highest BCUT2D eigenvalue weighted by atomic mass is 19.4. The van der Waals surface area contributed by atoms with Gasteiger partial charge in [0.2, 0.25) is 5.91 Å². The zero-order chi connectivity index (χ0) is 24.1. The molecule has 0 N–H and O–H groups in total. The highest BCUT2D eigenvalue weighted by molar-refractivity contribution is 5.79. The fourth-order valence-corrected chi connectivity index (χ4v) is 4.59. The molecule has 0 saturated carbocycles. The molecule has 2 aliphatic heterocycles. The Hall–Kier alpha value is -3.07. The first-order valence-electron chi connectivity index (χ1n) is 11.5. The Balaban J connectivity index is 1.21. The molecule has 4 rings (SSSR count). The Morgan fingerprint density at radius 1 is 0.912 bits per heavy atom. The van der Waals surface area contributed by atoms with Gasteiger partial charge in [-0.2, -0.15) is 0 Å². The van der Waals surface area contributed by atoms with E-state index in [0.29, 0.717) is 25.2 Å². The van der Waals surface area contributed by atoms with E-state index in [1.807, 2.05) is 29.2 Å². The molecular weight excluding hydrogens is 447 g/mol. The van der Waals surface area contributed by atoms with Crippen molar-refractivity contribution in [2.75, 3.05) is 44.2 Å².